The summed E-state index contributed by atoms with van der Waals surface area (Å²) in [7, 11) is 1.73. The van der Waals surface area contributed by atoms with Gasteiger partial charge < -0.3 is 24.8 Å². The van der Waals surface area contributed by atoms with Gasteiger partial charge in [0.1, 0.15) is 16.8 Å². The van der Waals surface area contributed by atoms with E-state index in [1.54, 1.807) is 53.9 Å². The smallest absolute Gasteiger partial charge is 0.355 e. The minimum Gasteiger partial charge on any atom is -0.367 e. The molecule has 1 spiro atoms. The van der Waals surface area contributed by atoms with Crippen molar-refractivity contribution < 1.29 is 8.78 Å². The summed E-state index contributed by atoms with van der Waals surface area (Å²) >= 11 is 0. The Morgan fingerprint density at radius 3 is 2.42 bits per heavy atom. The number of fused-ring (bicyclic) bond motifs is 4. The highest BCUT2D eigenvalue weighted by Gasteiger charge is 2.59. The SMILES string of the molecule is Cc1cn2cc(-c3nc(=O)n4cc(N5CCNC6(CC6C6CN(c7ccc8nc(-c9cc(F)c%10nn(C)cc%10c9)nc(=O)n8c7)C[C@H](C)N6)C5)cc(C)c4n3)cc(F)c2n1. The molecule has 0 bridgehead atoms. The molecular formula is C42H40F2N14O2. The first-order valence-electron chi connectivity index (χ1n) is 20.0. The molecule has 4 atom stereocenters. The number of piperazine rings is 2. The second kappa shape index (κ2) is 13.2. The Bertz CT molecular complexity index is 3210. The van der Waals surface area contributed by atoms with Gasteiger partial charge in [0.05, 0.1) is 17.1 Å². The summed E-state index contributed by atoms with van der Waals surface area (Å²) in [6.45, 7) is 9.68. The third-order valence-electron chi connectivity index (χ3n) is 12.3. The highest BCUT2D eigenvalue weighted by molar-refractivity contribution is 5.83. The van der Waals surface area contributed by atoms with Crippen LogP contribution in [-0.4, -0.2) is 98.2 Å². The number of aryl methyl sites for hydroxylation is 3. The van der Waals surface area contributed by atoms with Crippen molar-refractivity contribution in [2.24, 2.45) is 13.0 Å². The summed E-state index contributed by atoms with van der Waals surface area (Å²) in [6, 6.07) is 10.6. The molecule has 1 saturated carbocycles. The van der Waals surface area contributed by atoms with Crippen LogP contribution in [0.2, 0.25) is 0 Å². The summed E-state index contributed by atoms with van der Waals surface area (Å²) in [6.07, 6.45) is 9.70. The zero-order valence-corrected chi connectivity index (χ0v) is 33.3. The predicted octanol–water partition coefficient (Wildman–Crippen LogP) is 3.29. The number of rotatable bonds is 5. The fraction of sp³-hybridized carbons (Fsp3) is 0.333. The molecule has 2 saturated heterocycles. The van der Waals surface area contributed by atoms with E-state index in [9.17, 15) is 18.4 Å². The highest BCUT2D eigenvalue weighted by atomic mass is 19.1. The normalized spacial score (nSPS) is 21.9. The summed E-state index contributed by atoms with van der Waals surface area (Å²) in [5.74, 6) is -0.370. The lowest BCUT2D eigenvalue weighted by Gasteiger charge is -2.42. The van der Waals surface area contributed by atoms with Gasteiger partial charge in [-0.15, -0.1) is 0 Å². The molecule has 3 unspecified atom stereocenters. The van der Waals surface area contributed by atoms with Gasteiger partial charge in [0.15, 0.2) is 28.9 Å². The topological polar surface area (TPSA) is 160 Å². The Labute approximate surface area is 340 Å². The van der Waals surface area contributed by atoms with E-state index in [2.05, 4.69) is 58.5 Å². The third-order valence-corrected chi connectivity index (χ3v) is 12.3. The van der Waals surface area contributed by atoms with Crippen LogP contribution < -0.4 is 31.8 Å². The number of aromatic nitrogens is 10. The molecule has 3 fully saturated rings. The van der Waals surface area contributed by atoms with Crippen molar-refractivity contribution in [3.05, 3.63) is 111 Å². The van der Waals surface area contributed by atoms with Gasteiger partial charge in [-0.25, -0.2) is 42.1 Å². The third kappa shape index (κ3) is 5.99. The number of nitrogens with one attached hydrogen (secondary N) is 2. The average molecular weight is 811 g/mol. The number of pyridine rings is 3. The molecule has 8 aromatic rings. The number of nitrogens with zero attached hydrogens (tertiary/aromatic N) is 12. The zero-order valence-electron chi connectivity index (χ0n) is 33.3. The van der Waals surface area contributed by atoms with E-state index in [1.165, 1.54) is 20.9 Å². The summed E-state index contributed by atoms with van der Waals surface area (Å²) in [5, 5.41) is 12.5. The van der Waals surface area contributed by atoms with Crippen LogP contribution in [0.4, 0.5) is 20.2 Å². The van der Waals surface area contributed by atoms with Crippen LogP contribution in [0.15, 0.2) is 77.0 Å². The van der Waals surface area contributed by atoms with Crippen LogP contribution in [0, 0.1) is 31.4 Å². The molecule has 7 aromatic heterocycles. The predicted molar refractivity (Wildman–Crippen MR) is 221 cm³/mol. The minimum atomic E-state index is -0.514. The van der Waals surface area contributed by atoms with Crippen LogP contribution >= 0.6 is 0 Å². The maximum Gasteiger partial charge on any atom is 0.355 e. The van der Waals surface area contributed by atoms with Crippen molar-refractivity contribution in [2.75, 3.05) is 42.5 Å². The van der Waals surface area contributed by atoms with Crippen LogP contribution in [0.5, 0.6) is 0 Å². The molecule has 2 N–H and O–H groups in total. The summed E-state index contributed by atoms with van der Waals surface area (Å²) in [4.78, 5) is 53.6. The number of imidazole rings is 1. The van der Waals surface area contributed by atoms with Gasteiger partial charge in [0.2, 0.25) is 0 Å². The van der Waals surface area contributed by atoms with Crippen molar-refractivity contribution in [1.29, 1.82) is 0 Å². The fourth-order valence-corrected chi connectivity index (χ4v) is 9.48. The van der Waals surface area contributed by atoms with Crippen LogP contribution in [0.1, 0.15) is 24.6 Å². The van der Waals surface area contributed by atoms with Crippen molar-refractivity contribution >= 4 is 39.2 Å². The molecule has 11 rings (SSSR count). The van der Waals surface area contributed by atoms with Gasteiger partial charge >= 0.3 is 11.4 Å². The van der Waals surface area contributed by atoms with Crippen molar-refractivity contribution in [2.45, 2.75) is 44.8 Å². The molecule has 1 aromatic carbocycles. The zero-order chi connectivity index (χ0) is 41.2. The number of benzene rings is 1. The summed E-state index contributed by atoms with van der Waals surface area (Å²) in [5.41, 5.74) is 4.32. The molecule has 3 aliphatic rings. The molecule has 1 aliphatic carbocycles. The first-order valence-corrected chi connectivity index (χ1v) is 20.0. The number of halogens is 2. The monoisotopic (exact) mass is 810 g/mol. The van der Waals surface area contributed by atoms with Crippen molar-refractivity contribution in [1.82, 2.24) is 58.5 Å². The Morgan fingerprint density at radius 2 is 1.57 bits per heavy atom. The maximum absolute atomic E-state index is 14.9. The van der Waals surface area contributed by atoms with E-state index in [0.29, 0.717) is 39.4 Å². The van der Waals surface area contributed by atoms with Crippen LogP contribution in [-0.2, 0) is 7.05 Å². The first kappa shape index (κ1) is 36.4. The van der Waals surface area contributed by atoms with E-state index in [0.717, 1.165) is 56.1 Å². The largest absolute Gasteiger partial charge is 0.367 e. The Morgan fingerprint density at radius 1 is 0.783 bits per heavy atom. The number of anilines is 2. The molecule has 16 nitrogen and oxygen atoms in total. The summed E-state index contributed by atoms with van der Waals surface area (Å²) < 4.78 is 35.9. The van der Waals surface area contributed by atoms with Gasteiger partial charge in [0, 0.05) is 105 Å². The molecular weight excluding hydrogens is 771 g/mol. The van der Waals surface area contributed by atoms with Gasteiger partial charge in [0.25, 0.3) is 0 Å². The number of hydrogen-bond acceptors (Lipinski definition) is 12. The molecule has 60 heavy (non-hydrogen) atoms. The standard InChI is InChI=1S/C42H40F2N14O2/c1-22-9-29(19-58-38(22)49-37(51-41(58)60)27-12-32(44)39-47-24(3)15-56(39)17-27)54-8-7-45-42(21-54)13-30(42)33-20-55(14-23(2)46-33)28-5-6-34-48-36(50-40(59)57(34)18-28)25-10-26-16-53(4)52-35(26)31(43)11-25/h5-6,9-12,15-19,23,30,33,45-46H,7-8,13-14,20-21H2,1-4H3/t23-,30?,33?,42?/m0/s1. The molecule has 0 radical (unpaired) electrons. The lowest BCUT2D eigenvalue weighted by atomic mass is 10.00. The van der Waals surface area contributed by atoms with E-state index in [1.807, 2.05) is 25.3 Å². The van der Waals surface area contributed by atoms with Gasteiger partial charge in [-0.1, -0.05) is 0 Å². The molecule has 0 amide bonds. The van der Waals surface area contributed by atoms with Gasteiger partial charge in [-0.05, 0) is 75.1 Å². The van der Waals surface area contributed by atoms with Crippen LogP contribution in [0.3, 0.4) is 0 Å². The lowest BCUT2D eigenvalue weighted by Crippen LogP contribution is -2.60. The average Bonchev–Trinajstić information content (AvgIpc) is 3.52. The molecule has 9 heterocycles. The Balaban J connectivity index is 0.823. The Hall–Kier alpha value is -6.66. The fourth-order valence-electron chi connectivity index (χ4n) is 9.48. The van der Waals surface area contributed by atoms with Crippen LogP contribution in [0.25, 0.3) is 50.6 Å². The van der Waals surface area contributed by atoms with Gasteiger partial charge in [-0.2, -0.15) is 15.1 Å². The highest BCUT2D eigenvalue weighted by Crippen LogP contribution is 2.49. The van der Waals surface area contributed by atoms with E-state index < -0.39 is 23.0 Å². The lowest BCUT2D eigenvalue weighted by molar-refractivity contribution is 0.313. The van der Waals surface area contributed by atoms with Crippen molar-refractivity contribution in [3.63, 3.8) is 0 Å². The molecule has 2 aliphatic heterocycles. The quantitative estimate of drug-likeness (QED) is 0.262. The molecule has 18 heteroatoms. The first-order chi connectivity index (χ1) is 28.9. The van der Waals surface area contributed by atoms with Crippen molar-refractivity contribution in [3.8, 4) is 22.8 Å². The second-order valence-corrected chi connectivity index (χ2v) is 16.6. The Kier molecular flexibility index (Phi) is 8.00. The van der Waals surface area contributed by atoms with E-state index >= 15 is 0 Å². The van der Waals surface area contributed by atoms with Gasteiger partial charge in [-0.3, -0.25) is 4.68 Å². The number of hydrogen-bond donors (Lipinski definition) is 2. The minimum absolute atomic E-state index is 0.121. The van der Waals surface area contributed by atoms with E-state index in [-0.39, 0.29) is 40.4 Å². The second-order valence-electron chi connectivity index (χ2n) is 16.6. The van der Waals surface area contributed by atoms with E-state index in [4.69, 9.17) is 4.98 Å². The molecule has 304 valence electrons. The maximum atomic E-state index is 14.9.